The summed E-state index contributed by atoms with van der Waals surface area (Å²) in [5.41, 5.74) is 6.71. The summed E-state index contributed by atoms with van der Waals surface area (Å²) in [6.07, 6.45) is 1.51. The second-order valence-electron chi connectivity index (χ2n) is 8.69. The van der Waals surface area contributed by atoms with Gasteiger partial charge in [-0.3, -0.25) is 9.69 Å². The van der Waals surface area contributed by atoms with E-state index >= 15 is 0 Å². The number of rotatable bonds is 10. The highest BCUT2D eigenvalue weighted by molar-refractivity contribution is 6.31. The van der Waals surface area contributed by atoms with Gasteiger partial charge in [-0.25, -0.2) is 14.4 Å². The monoisotopic (exact) mass is 502 g/mol. The Hall–Kier alpha value is -3.05. The third-order valence-corrected chi connectivity index (χ3v) is 6.73. The lowest BCUT2D eigenvalue weighted by Gasteiger charge is -2.43. The fourth-order valence-electron chi connectivity index (χ4n) is 4.24. The first-order valence-corrected chi connectivity index (χ1v) is 11.4. The van der Waals surface area contributed by atoms with E-state index in [4.69, 9.17) is 26.8 Å². The van der Waals surface area contributed by atoms with Crippen LogP contribution < -0.4 is 21.1 Å². The van der Waals surface area contributed by atoms with E-state index in [0.717, 1.165) is 5.56 Å². The van der Waals surface area contributed by atoms with Crippen molar-refractivity contribution in [3.63, 3.8) is 0 Å². The zero-order chi connectivity index (χ0) is 25.2. The van der Waals surface area contributed by atoms with Gasteiger partial charge in [0, 0.05) is 50.2 Å². The van der Waals surface area contributed by atoms with Gasteiger partial charge in [-0.05, 0) is 25.2 Å². The number of aromatic nitrogens is 2. The average molecular weight is 503 g/mol. The van der Waals surface area contributed by atoms with Crippen molar-refractivity contribution >= 4 is 39.9 Å². The summed E-state index contributed by atoms with van der Waals surface area (Å²) in [5, 5.41) is 6.84. The fraction of sp³-hybridized carbons (Fsp3) is 0.375. The third-order valence-electron chi connectivity index (χ3n) is 6.44. The van der Waals surface area contributed by atoms with Gasteiger partial charge >= 0.3 is 0 Å². The summed E-state index contributed by atoms with van der Waals surface area (Å²) in [6.45, 7) is 1.50. The molecule has 1 fully saturated rings. The third kappa shape index (κ3) is 5.01. The van der Waals surface area contributed by atoms with Crippen LogP contribution in [0.4, 0.5) is 15.9 Å². The van der Waals surface area contributed by atoms with Gasteiger partial charge in [-0.2, -0.15) is 0 Å². The molecular weight excluding hydrogens is 475 g/mol. The van der Waals surface area contributed by atoms with Gasteiger partial charge in [0.25, 0.3) is 0 Å². The van der Waals surface area contributed by atoms with E-state index in [-0.39, 0.29) is 22.8 Å². The van der Waals surface area contributed by atoms with Gasteiger partial charge in [0.05, 0.1) is 28.8 Å². The average Bonchev–Trinajstić information content (AvgIpc) is 2.81. The van der Waals surface area contributed by atoms with E-state index in [1.54, 1.807) is 26.4 Å². The van der Waals surface area contributed by atoms with E-state index in [2.05, 4.69) is 20.6 Å². The first-order chi connectivity index (χ1) is 16.8. The van der Waals surface area contributed by atoms with Crippen LogP contribution in [0.2, 0.25) is 5.02 Å². The van der Waals surface area contributed by atoms with Crippen LogP contribution in [0.15, 0.2) is 36.7 Å². The lowest BCUT2D eigenvalue weighted by atomic mass is 9.77. The molecule has 186 valence electrons. The van der Waals surface area contributed by atoms with Crippen LogP contribution in [-0.2, 0) is 16.1 Å². The highest BCUT2D eigenvalue weighted by Gasteiger charge is 2.45. The summed E-state index contributed by atoms with van der Waals surface area (Å²) in [7, 11) is 5.10. The molecule has 1 atom stereocenters. The first-order valence-electron chi connectivity index (χ1n) is 11.0. The number of methoxy groups -OCH3 is 2. The predicted octanol–water partition coefficient (Wildman–Crippen LogP) is 3.04. The minimum Gasteiger partial charge on any atom is -0.496 e. The number of hydrogen-bond acceptors (Lipinski definition) is 8. The molecule has 1 amide bonds. The van der Waals surface area contributed by atoms with E-state index in [1.807, 2.05) is 24.1 Å². The van der Waals surface area contributed by atoms with Gasteiger partial charge in [-0.15, -0.1) is 0 Å². The normalized spacial score (nSPS) is 15.6. The van der Waals surface area contributed by atoms with Gasteiger partial charge in [-0.1, -0.05) is 17.7 Å². The molecule has 0 radical (unpaired) electrons. The van der Waals surface area contributed by atoms with Crippen molar-refractivity contribution in [3.8, 4) is 5.75 Å². The van der Waals surface area contributed by atoms with Crippen LogP contribution in [0.5, 0.6) is 5.75 Å². The van der Waals surface area contributed by atoms with E-state index in [0.29, 0.717) is 48.5 Å². The van der Waals surface area contributed by atoms with E-state index in [1.165, 1.54) is 12.4 Å². The van der Waals surface area contributed by atoms with Crippen LogP contribution in [0.3, 0.4) is 0 Å². The second kappa shape index (κ2) is 10.3. The smallest absolute Gasteiger partial charge is 0.226 e. The van der Waals surface area contributed by atoms with Crippen molar-refractivity contribution in [2.75, 3.05) is 39.7 Å². The van der Waals surface area contributed by atoms with Gasteiger partial charge in [0.1, 0.15) is 24.1 Å². The minimum atomic E-state index is -0.631. The highest BCUT2D eigenvalue weighted by atomic mass is 35.5. The number of anilines is 2. The van der Waals surface area contributed by atoms with Crippen LogP contribution in [0.25, 0.3) is 10.9 Å². The maximum absolute atomic E-state index is 14.5. The van der Waals surface area contributed by atoms with Crippen LogP contribution in [0.1, 0.15) is 12.0 Å². The Balaban J connectivity index is 1.64. The number of nitrogens with one attached hydrogen (secondary N) is 2. The fourth-order valence-corrected chi connectivity index (χ4v) is 4.41. The molecule has 1 saturated heterocycles. The molecule has 0 aliphatic carbocycles. The zero-order valence-electron chi connectivity index (χ0n) is 19.8. The van der Waals surface area contributed by atoms with Crippen molar-refractivity contribution in [3.05, 3.63) is 53.1 Å². The number of nitrogens with two attached hydrogens (primary N) is 1. The molecule has 2 aromatic carbocycles. The molecule has 1 aliphatic rings. The van der Waals surface area contributed by atoms with Crippen LogP contribution >= 0.6 is 11.6 Å². The van der Waals surface area contributed by atoms with Crippen LogP contribution in [-0.4, -0.2) is 61.4 Å². The minimum absolute atomic E-state index is 0.0124. The first kappa shape index (κ1) is 25.1. The molecular formula is C24H28ClFN6O3. The summed E-state index contributed by atoms with van der Waals surface area (Å²) >= 11 is 5.93. The Morgan fingerprint density at radius 2 is 2.11 bits per heavy atom. The number of hydrogen-bond donors (Lipinski definition) is 3. The van der Waals surface area contributed by atoms with Gasteiger partial charge in [0.2, 0.25) is 5.91 Å². The van der Waals surface area contributed by atoms with Crippen molar-refractivity contribution in [1.29, 1.82) is 0 Å². The number of halogens is 2. The summed E-state index contributed by atoms with van der Waals surface area (Å²) in [4.78, 5) is 22.7. The number of nitrogens with zero attached hydrogens (tertiary/aromatic N) is 3. The Morgan fingerprint density at radius 1 is 1.34 bits per heavy atom. The molecule has 4 rings (SSSR count). The SMILES string of the molecule is COc1cc2ncnc(Nc3cccc(Cl)c3F)c2cc1CN(C)C(CC1(C(N)=O)CNC1)OC. The Kier molecular flexibility index (Phi) is 7.36. The Morgan fingerprint density at radius 3 is 2.74 bits per heavy atom. The number of benzene rings is 2. The molecule has 1 aliphatic heterocycles. The number of primary amides is 1. The summed E-state index contributed by atoms with van der Waals surface area (Å²) in [6, 6.07) is 8.43. The van der Waals surface area contributed by atoms with E-state index < -0.39 is 11.2 Å². The molecule has 35 heavy (non-hydrogen) atoms. The maximum Gasteiger partial charge on any atom is 0.226 e. The highest BCUT2D eigenvalue weighted by Crippen LogP contribution is 2.34. The number of ether oxygens (including phenoxy) is 2. The number of carbonyl (C=O) groups is 1. The summed E-state index contributed by atoms with van der Waals surface area (Å²) < 4.78 is 25.8. The molecule has 1 aromatic heterocycles. The standard InChI is InChI=1S/C24H28ClFN6O3/c1-32(20(35-3)9-24(23(27)33)11-28-12-24)10-14-7-15-18(8-19(14)34-2)29-13-30-22(15)31-17-6-4-5-16(25)21(17)26/h4-8,13,20,28H,9-12H2,1-3H3,(H2,27,33)(H,29,30,31). The van der Waals surface area contributed by atoms with Crippen molar-refractivity contribution in [2.24, 2.45) is 11.1 Å². The maximum atomic E-state index is 14.5. The molecule has 0 bridgehead atoms. The molecule has 1 unspecified atom stereocenters. The quantitative estimate of drug-likeness (QED) is 0.362. The summed E-state index contributed by atoms with van der Waals surface area (Å²) in [5.74, 6) is 0.161. The Bertz CT molecular complexity index is 1240. The molecule has 9 nitrogen and oxygen atoms in total. The van der Waals surface area contributed by atoms with Crippen molar-refractivity contribution in [1.82, 2.24) is 20.2 Å². The number of amides is 1. The van der Waals surface area contributed by atoms with Gasteiger partial charge in [0.15, 0.2) is 5.82 Å². The van der Waals surface area contributed by atoms with Crippen molar-refractivity contribution in [2.45, 2.75) is 19.2 Å². The Labute approximate surface area is 207 Å². The number of fused-ring (bicyclic) bond motifs is 1. The van der Waals surface area contributed by atoms with E-state index in [9.17, 15) is 9.18 Å². The van der Waals surface area contributed by atoms with Gasteiger partial charge < -0.3 is 25.8 Å². The molecule has 0 saturated carbocycles. The largest absolute Gasteiger partial charge is 0.496 e. The molecule has 11 heteroatoms. The zero-order valence-corrected chi connectivity index (χ0v) is 20.5. The van der Waals surface area contributed by atoms with Crippen molar-refractivity contribution < 1.29 is 18.7 Å². The van der Waals surface area contributed by atoms with Crippen LogP contribution in [0, 0.1) is 11.2 Å². The topological polar surface area (TPSA) is 115 Å². The lowest BCUT2D eigenvalue weighted by molar-refractivity contribution is -0.137. The molecule has 0 spiro atoms. The molecule has 2 heterocycles. The predicted molar refractivity (Wildman–Crippen MR) is 132 cm³/mol. The molecule has 4 N–H and O–H groups in total. The second-order valence-corrected chi connectivity index (χ2v) is 9.09. The number of carbonyl (C=O) groups excluding carboxylic acids is 1. The lowest BCUT2D eigenvalue weighted by Crippen LogP contribution is -2.62. The molecule has 3 aromatic rings.